The molecule has 20 heavy (non-hydrogen) atoms. The summed E-state index contributed by atoms with van der Waals surface area (Å²) in [7, 11) is 0. The van der Waals surface area contributed by atoms with E-state index < -0.39 is 0 Å². The average molecular weight is 371 g/mol. The number of rotatable bonds is 2. The molecule has 1 heterocycles. The molecule has 1 aliphatic rings. The molecule has 0 aromatic heterocycles. The van der Waals surface area contributed by atoms with Crippen LogP contribution in [0.2, 0.25) is 0 Å². The number of fused-ring (bicyclic) bond motifs is 1. The molecule has 0 unspecified atom stereocenters. The zero-order chi connectivity index (χ0) is 14.1. The molecule has 0 aliphatic carbocycles. The Morgan fingerprint density at radius 1 is 1.05 bits per heavy atom. The predicted octanol–water partition coefficient (Wildman–Crippen LogP) is 1.56. The first-order valence-corrected chi connectivity index (χ1v) is 8.90. The Morgan fingerprint density at radius 3 is 2.45 bits per heavy atom. The molecule has 1 heteroatoms. The van der Waals surface area contributed by atoms with Crippen molar-refractivity contribution in [2.75, 3.05) is 0 Å². The molecule has 2 aromatic rings. The Hall–Kier alpha value is -1.53. The van der Waals surface area contributed by atoms with Gasteiger partial charge in [-0.25, -0.2) is 0 Å². The molecule has 100 valence electrons. The van der Waals surface area contributed by atoms with E-state index in [1.165, 1.54) is 23.8 Å². The Kier molecular flexibility index (Phi) is 3.67. The van der Waals surface area contributed by atoms with E-state index in [-0.39, 0.29) is 21.2 Å². The SMILES string of the molecule is C#Cc1ccc2c(c1)C=C(c1ccc(C(C)C)cc1)[I-]2. The number of terminal acetylenes is 1. The van der Waals surface area contributed by atoms with Crippen molar-refractivity contribution in [1.82, 2.24) is 0 Å². The molecule has 0 bridgehead atoms. The van der Waals surface area contributed by atoms with Crippen LogP contribution in [0.4, 0.5) is 0 Å². The van der Waals surface area contributed by atoms with E-state index in [0.717, 1.165) is 5.56 Å². The molecule has 0 spiro atoms. The van der Waals surface area contributed by atoms with Gasteiger partial charge in [0.2, 0.25) is 0 Å². The molecular weight excluding hydrogens is 355 g/mol. The molecule has 0 atom stereocenters. The summed E-state index contributed by atoms with van der Waals surface area (Å²) in [5, 5.41) is 0. The second-order valence-corrected chi connectivity index (χ2v) is 8.11. The molecule has 1 aliphatic heterocycles. The number of hydrogen-bond donors (Lipinski definition) is 0. The Morgan fingerprint density at radius 2 is 1.80 bits per heavy atom. The average Bonchev–Trinajstić information content (AvgIpc) is 2.90. The van der Waals surface area contributed by atoms with Crippen LogP contribution in [-0.2, 0) is 0 Å². The molecule has 0 nitrogen and oxygen atoms in total. The van der Waals surface area contributed by atoms with Crippen molar-refractivity contribution in [3.05, 3.63) is 68.3 Å². The molecule has 0 amide bonds. The number of benzene rings is 2. The summed E-state index contributed by atoms with van der Waals surface area (Å²) in [6.45, 7) is 4.46. The molecule has 3 rings (SSSR count). The van der Waals surface area contributed by atoms with Crippen LogP contribution in [0.1, 0.15) is 42.0 Å². The van der Waals surface area contributed by atoms with Crippen LogP contribution in [0.15, 0.2) is 42.5 Å². The quantitative estimate of drug-likeness (QED) is 0.555. The molecule has 0 N–H and O–H groups in total. The van der Waals surface area contributed by atoms with E-state index in [9.17, 15) is 0 Å². The van der Waals surface area contributed by atoms with Crippen LogP contribution in [0.3, 0.4) is 0 Å². The third-order valence-corrected chi connectivity index (χ3v) is 6.58. The summed E-state index contributed by atoms with van der Waals surface area (Å²) in [5.74, 6) is 3.30. The van der Waals surface area contributed by atoms with E-state index in [2.05, 4.69) is 68.3 Å². The fourth-order valence-electron chi connectivity index (χ4n) is 2.27. The fraction of sp³-hybridized carbons (Fsp3) is 0.158. The predicted molar refractivity (Wildman–Crippen MR) is 81.5 cm³/mol. The van der Waals surface area contributed by atoms with Gasteiger partial charge in [-0.1, -0.05) is 0 Å². The first kappa shape index (κ1) is 13.5. The third-order valence-electron chi connectivity index (χ3n) is 3.50. The first-order valence-electron chi connectivity index (χ1n) is 6.75. The van der Waals surface area contributed by atoms with Crippen molar-refractivity contribution < 1.29 is 21.2 Å². The molecule has 0 radical (unpaired) electrons. The number of halogens is 1. The van der Waals surface area contributed by atoms with Crippen LogP contribution >= 0.6 is 0 Å². The molecule has 0 saturated heterocycles. The minimum atomic E-state index is -0.0733. The zero-order valence-corrected chi connectivity index (χ0v) is 13.8. The van der Waals surface area contributed by atoms with E-state index in [1.54, 1.807) is 0 Å². The Labute approximate surface area is 131 Å². The van der Waals surface area contributed by atoms with Gasteiger partial charge in [0.25, 0.3) is 0 Å². The van der Waals surface area contributed by atoms with E-state index in [0.29, 0.717) is 5.92 Å². The van der Waals surface area contributed by atoms with Gasteiger partial charge >= 0.3 is 131 Å². The van der Waals surface area contributed by atoms with Crippen LogP contribution in [0.5, 0.6) is 0 Å². The van der Waals surface area contributed by atoms with Gasteiger partial charge in [0, 0.05) is 0 Å². The summed E-state index contributed by atoms with van der Waals surface area (Å²) in [6, 6.07) is 15.4. The molecule has 2 aromatic carbocycles. The number of hydrogen-bond acceptors (Lipinski definition) is 0. The summed E-state index contributed by atoms with van der Waals surface area (Å²) >= 11 is -0.0733. The van der Waals surface area contributed by atoms with Gasteiger partial charge in [0.15, 0.2) is 0 Å². The molecule has 0 saturated carbocycles. The minimum absolute atomic E-state index is 0.0733. The van der Waals surface area contributed by atoms with Crippen molar-refractivity contribution >= 4 is 9.66 Å². The van der Waals surface area contributed by atoms with Crippen LogP contribution in [0, 0.1) is 15.9 Å². The second-order valence-electron chi connectivity index (χ2n) is 5.24. The van der Waals surface area contributed by atoms with Gasteiger partial charge in [0.05, 0.1) is 0 Å². The van der Waals surface area contributed by atoms with E-state index in [1.807, 2.05) is 0 Å². The summed E-state index contributed by atoms with van der Waals surface area (Å²) < 4.78 is 2.97. The topological polar surface area (TPSA) is 0 Å². The van der Waals surface area contributed by atoms with Gasteiger partial charge in [-0.3, -0.25) is 0 Å². The monoisotopic (exact) mass is 371 g/mol. The standard InChI is InChI=1S/C19H16I/c1-4-14-5-10-18-17(11-14)12-19(20-18)16-8-6-15(7-9-16)13(2)3/h1,5-13H,2-3H3/q-1. The van der Waals surface area contributed by atoms with E-state index in [4.69, 9.17) is 6.42 Å². The van der Waals surface area contributed by atoms with Gasteiger partial charge in [-0.05, 0) is 0 Å². The van der Waals surface area contributed by atoms with Crippen molar-refractivity contribution in [2.45, 2.75) is 19.8 Å². The van der Waals surface area contributed by atoms with Crippen LogP contribution in [0.25, 0.3) is 9.66 Å². The Balaban J connectivity index is 1.92. The van der Waals surface area contributed by atoms with Crippen molar-refractivity contribution in [3.63, 3.8) is 0 Å². The maximum absolute atomic E-state index is 5.47. The maximum atomic E-state index is 5.47. The van der Waals surface area contributed by atoms with Gasteiger partial charge in [-0.2, -0.15) is 0 Å². The molecule has 0 fully saturated rings. The van der Waals surface area contributed by atoms with E-state index >= 15 is 0 Å². The second kappa shape index (κ2) is 5.46. The summed E-state index contributed by atoms with van der Waals surface area (Å²) in [6.07, 6.45) is 7.79. The summed E-state index contributed by atoms with van der Waals surface area (Å²) in [4.78, 5) is 0. The Bertz CT molecular complexity index is 712. The molecular formula is C19H16I-. The zero-order valence-electron chi connectivity index (χ0n) is 11.7. The fourth-order valence-corrected chi connectivity index (χ4v) is 5.04. The van der Waals surface area contributed by atoms with Crippen molar-refractivity contribution in [2.24, 2.45) is 0 Å². The van der Waals surface area contributed by atoms with Gasteiger partial charge in [0.1, 0.15) is 0 Å². The third kappa shape index (κ3) is 2.53. The van der Waals surface area contributed by atoms with Crippen LogP contribution in [-0.4, -0.2) is 0 Å². The normalized spacial score (nSPS) is 13.4. The van der Waals surface area contributed by atoms with Crippen molar-refractivity contribution in [1.29, 1.82) is 0 Å². The first-order chi connectivity index (χ1) is 9.67. The van der Waals surface area contributed by atoms with Crippen molar-refractivity contribution in [3.8, 4) is 12.3 Å². The van der Waals surface area contributed by atoms with Gasteiger partial charge in [-0.15, -0.1) is 0 Å². The summed E-state index contributed by atoms with van der Waals surface area (Å²) in [5.41, 5.74) is 5.05. The van der Waals surface area contributed by atoms with Crippen LogP contribution < -0.4 is 21.2 Å². The van der Waals surface area contributed by atoms with Gasteiger partial charge < -0.3 is 0 Å².